The smallest absolute Gasteiger partial charge is 0.303 e. The highest BCUT2D eigenvalue weighted by Gasteiger charge is 2.09. The Morgan fingerprint density at radius 1 is 1.25 bits per heavy atom. The van der Waals surface area contributed by atoms with Crippen molar-refractivity contribution in [3.05, 3.63) is 16.8 Å². The molecule has 0 aliphatic heterocycles. The molecule has 0 saturated carbocycles. The zero-order valence-electron chi connectivity index (χ0n) is 11.9. The first-order chi connectivity index (χ1) is 9.56. The van der Waals surface area contributed by atoms with Crippen LogP contribution in [0.15, 0.2) is 0 Å². The zero-order valence-corrected chi connectivity index (χ0v) is 11.9. The Balaban J connectivity index is 2.34. The summed E-state index contributed by atoms with van der Waals surface area (Å²) >= 11 is 0. The van der Waals surface area contributed by atoms with Gasteiger partial charge in [-0.05, 0) is 32.3 Å². The van der Waals surface area contributed by atoms with E-state index in [9.17, 15) is 4.79 Å². The summed E-state index contributed by atoms with van der Waals surface area (Å²) in [4.78, 5) is 10.3. The number of carboxylic acid groups (broad SMARTS) is 1. The predicted molar refractivity (Wildman–Crippen MR) is 75.4 cm³/mol. The number of aliphatic carboxylic acids is 1. The number of unbranched alkanes of at least 4 members (excludes halogenated alkanes) is 3. The summed E-state index contributed by atoms with van der Waals surface area (Å²) in [7, 11) is 0. The van der Waals surface area contributed by atoms with Gasteiger partial charge in [0.1, 0.15) is 11.6 Å². The molecule has 0 amide bonds. The Labute approximate surface area is 118 Å². The van der Waals surface area contributed by atoms with Crippen LogP contribution >= 0.6 is 0 Å². The predicted octanol–water partition coefficient (Wildman–Crippen LogP) is 2.41. The van der Waals surface area contributed by atoms with Gasteiger partial charge >= 0.3 is 5.97 Å². The van der Waals surface area contributed by atoms with E-state index in [1.807, 2.05) is 13.8 Å². The first-order valence-electron chi connectivity index (χ1n) is 6.76. The number of carboxylic acids is 1. The van der Waals surface area contributed by atoms with Crippen LogP contribution in [0.1, 0.15) is 48.9 Å². The molecule has 108 valence electrons. The molecule has 1 heterocycles. The van der Waals surface area contributed by atoms with Gasteiger partial charge in [-0.2, -0.15) is 10.4 Å². The minimum atomic E-state index is -0.743. The van der Waals surface area contributed by atoms with Gasteiger partial charge in [-0.25, -0.2) is 0 Å². The van der Waals surface area contributed by atoms with Gasteiger partial charge in [0.25, 0.3) is 0 Å². The van der Waals surface area contributed by atoms with Gasteiger partial charge in [-0.3, -0.25) is 4.79 Å². The minimum absolute atomic E-state index is 0.231. The monoisotopic (exact) mass is 276 g/mol. The third-order valence-corrected chi connectivity index (χ3v) is 3.18. The Kier molecular flexibility index (Phi) is 6.44. The lowest BCUT2D eigenvalue weighted by Gasteiger charge is -2.09. The molecule has 0 spiro atoms. The van der Waals surface area contributed by atoms with Crippen molar-refractivity contribution >= 4 is 11.8 Å². The number of anilines is 1. The number of hydrogen-bond donors (Lipinski definition) is 2. The van der Waals surface area contributed by atoms with Crippen LogP contribution < -0.4 is 5.32 Å². The fraction of sp³-hybridized carbons (Fsp3) is 0.571. The van der Waals surface area contributed by atoms with Gasteiger partial charge in [0.15, 0.2) is 5.82 Å². The maximum absolute atomic E-state index is 10.3. The van der Waals surface area contributed by atoms with E-state index in [1.54, 1.807) is 0 Å². The van der Waals surface area contributed by atoms with E-state index in [-0.39, 0.29) is 6.42 Å². The van der Waals surface area contributed by atoms with E-state index in [0.29, 0.717) is 24.3 Å². The first kappa shape index (κ1) is 15.9. The molecule has 0 aliphatic rings. The van der Waals surface area contributed by atoms with Crippen molar-refractivity contribution < 1.29 is 9.90 Å². The van der Waals surface area contributed by atoms with Crippen LogP contribution in [0.4, 0.5) is 5.82 Å². The van der Waals surface area contributed by atoms with Gasteiger partial charge in [0, 0.05) is 13.0 Å². The fourth-order valence-corrected chi connectivity index (χ4v) is 1.83. The average Bonchev–Trinajstić information content (AvgIpc) is 2.41. The third kappa shape index (κ3) is 4.84. The number of rotatable bonds is 8. The van der Waals surface area contributed by atoms with Crippen LogP contribution in [0.3, 0.4) is 0 Å². The number of aromatic nitrogens is 2. The van der Waals surface area contributed by atoms with Gasteiger partial charge in [0.05, 0.1) is 5.69 Å². The first-order valence-corrected chi connectivity index (χ1v) is 6.76. The molecule has 1 rings (SSSR count). The van der Waals surface area contributed by atoms with Crippen LogP contribution in [-0.2, 0) is 4.79 Å². The Morgan fingerprint density at radius 2 is 1.95 bits per heavy atom. The second-order valence-electron chi connectivity index (χ2n) is 4.73. The minimum Gasteiger partial charge on any atom is -0.481 e. The van der Waals surface area contributed by atoms with Gasteiger partial charge in [0.2, 0.25) is 0 Å². The molecule has 0 fully saturated rings. The number of aryl methyl sites for hydroxylation is 1. The number of nitrogens with zero attached hydrogens (tertiary/aromatic N) is 3. The topological polar surface area (TPSA) is 98.9 Å². The molecular weight excluding hydrogens is 256 g/mol. The normalized spacial score (nSPS) is 10.1. The molecule has 0 bridgehead atoms. The zero-order chi connectivity index (χ0) is 15.0. The molecule has 1 aromatic rings. The van der Waals surface area contributed by atoms with Crippen LogP contribution in [0, 0.1) is 25.2 Å². The van der Waals surface area contributed by atoms with Crippen LogP contribution in [0.2, 0.25) is 0 Å². The summed E-state index contributed by atoms with van der Waals surface area (Å²) in [5.41, 5.74) is 2.16. The van der Waals surface area contributed by atoms with Crippen molar-refractivity contribution in [2.45, 2.75) is 46.0 Å². The lowest BCUT2D eigenvalue weighted by molar-refractivity contribution is -0.137. The molecule has 0 saturated heterocycles. The summed E-state index contributed by atoms with van der Waals surface area (Å²) in [6, 6.07) is 2.15. The van der Waals surface area contributed by atoms with Crippen molar-refractivity contribution in [2.75, 3.05) is 11.9 Å². The molecule has 0 unspecified atom stereocenters. The molecule has 20 heavy (non-hydrogen) atoms. The van der Waals surface area contributed by atoms with Crippen LogP contribution in [0.25, 0.3) is 0 Å². The van der Waals surface area contributed by atoms with E-state index in [1.165, 1.54) is 0 Å². The van der Waals surface area contributed by atoms with Crippen molar-refractivity contribution in [2.24, 2.45) is 0 Å². The standard InChI is InChI=1S/C14H20N4O2/c1-10-11(2)17-18-14(12(10)9-15)16-8-6-4-3-5-7-13(19)20/h3-8H2,1-2H3,(H,16,18)(H,19,20). The summed E-state index contributed by atoms with van der Waals surface area (Å²) in [5, 5.41) is 28.8. The molecule has 1 aromatic heterocycles. The Hall–Kier alpha value is -2.16. The van der Waals surface area contributed by atoms with E-state index in [4.69, 9.17) is 10.4 Å². The van der Waals surface area contributed by atoms with E-state index >= 15 is 0 Å². The second-order valence-corrected chi connectivity index (χ2v) is 4.73. The van der Waals surface area contributed by atoms with Crippen LogP contribution in [-0.4, -0.2) is 27.8 Å². The Bertz CT molecular complexity index is 509. The number of nitrogens with one attached hydrogen (secondary N) is 1. The average molecular weight is 276 g/mol. The molecule has 0 radical (unpaired) electrons. The highest BCUT2D eigenvalue weighted by Crippen LogP contribution is 2.17. The van der Waals surface area contributed by atoms with Crippen LogP contribution in [0.5, 0.6) is 0 Å². The number of carbonyl (C=O) groups is 1. The molecule has 6 heteroatoms. The molecule has 0 aliphatic carbocycles. The summed E-state index contributed by atoms with van der Waals surface area (Å²) < 4.78 is 0. The maximum Gasteiger partial charge on any atom is 0.303 e. The molecule has 0 atom stereocenters. The lowest BCUT2D eigenvalue weighted by atomic mass is 10.1. The van der Waals surface area contributed by atoms with Crippen molar-refractivity contribution in [1.29, 1.82) is 5.26 Å². The highest BCUT2D eigenvalue weighted by atomic mass is 16.4. The molecule has 0 aromatic carbocycles. The summed E-state index contributed by atoms with van der Waals surface area (Å²) in [6.45, 7) is 4.40. The fourth-order valence-electron chi connectivity index (χ4n) is 1.83. The second kappa shape index (κ2) is 8.10. The van der Waals surface area contributed by atoms with Crippen molar-refractivity contribution in [1.82, 2.24) is 10.2 Å². The van der Waals surface area contributed by atoms with Gasteiger partial charge in [-0.15, -0.1) is 5.10 Å². The lowest BCUT2D eigenvalue weighted by Crippen LogP contribution is -2.08. The van der Waals surface area contributed by atoms with Crippen molar-refractivity contribution in [3.63, 3.8) is 0 Å². The van der Waals surface area contributed by atoms with E-state index < -0.39 is 5.97 Å². The molecular formula is C14H20N4O2. The molecule has 2 N–H and O–H groups in total. The number of hydrogen-bond acceptors (Lipinski definition) is 5. The SMILES string of the molecule is Cc1nnc(NCCCCCCC(=O)O)c(C#N)c1C. The van der Waals surface area contributed by atoms with E-state index in [2.05, 4.69) is 21.6 Å². The summed E-state index contributed by atoms with van der Waals surface area (Å²) in [6.07, 6.45) is 3.72. The third-order valence-electron chi connectivity index (χ3n) is 3.18. The maximum atomic E-state index is 10.3. The van der Waals surface area contributed by atoms with E-state index in [0.717, 1.165) is 30.5 Å². The number of nitriles is 1. The van der Waals surface area contributed by atoms with Crippen molar-refractivity contribution in [3.8, 4) is 6.07 Å². The Morgan fingerprint density at radius 3 is 2.60 bits per heavy atom. The largest absolute Gasteiger partial charge is 0.481 e. The van der Waals surface area contributed by atoms with Gasteiger partial charge in [-0.1, -0.05) is 12.8 Å². The van der Waals surface area contributed by atoms with Gasteiger partial charge < -0.3 is 10.4 Å². The quantitative estimate of drug-likeness (QED) is 0.707. The highest BCUT2D eigenvalue weighted by molar-refractivity contribution is 5.66. The summed E-state index contributed by atoms with van der Waals surface area (Å²) in [5.74, 6) is -0.215. The molecule has 6 nitrogen and oxygen atoms in total.